The highest BCUT2D eigenvalue weighted by atomic mass is 16.2. The van der Waals surface area contributed by atoms with Crippen LogP contribution in [0, 0.1) is 11.3 Å². The lowest BCUT2D eigenvalue weighted by atomic mass is 9.83. The third-order valence-corrected chi connectivity index (χ3v) is 3.71. The Balaban J connectivity index is 2.44. The highest BCUT2D eigenvalue weighted by Crippen LogP contribution is 2.29. The Hall–Kier alpha value is -0.570. The van der Waals surface area contributed by atoms with Crippen LogP contribution in [0.3, 0.4) is 0 Å². The van der Waals surface area contributed by atoms with E-state index in [1.807, 2.05) is 0 Å². The lowest BCUT2D eigenvalue weighted by Crippen LogP contribution is -2.43. The second-order valence-corrected chi connectivity index (χ2v) is 4.78. The fourth-order valence-electron chi connectivity index (χ4n) is 2.00. The molecule has 88 valence electrons. The first kappa shape index (κ1) is 12.5. The SMILES string of the molecule is CCC(C)CNC(=O)C1(CC)CCNC1. The molecule has 2 atom stereocenters. The van der Waals surface area contributed by atoms with Gasteiger partial charge < -0.3 is 10.6 Å². The topological polar surface area (TPSA) is 41.1 Å². The van der Waals surface area contributed by atoms with Crippen LogP contribution in [0.5, 0.6) is 0 Å². The van der Waals surface area contributed by atoms with Gasteiger partial charge in [0, 0.05) is 13.1 Å². The van der Waals surface area contributed by atoms with Gasteiger partial charge in [-0.15, -0.1) is 0 Å². The zero-order valence-corrected chi connectivity index (χ0v) is 10.2. The van der Waals surface area contributed by atoms with E-state index in [2.05, 4.69) is 31.4 Å². The molecule has 1 rings (SSSR count). The molecule has 1 aliphatic rings. The van der Waals surface area contributed by atoms with Gasteiger partial charge >= 0.3 is 0 Å². The van der Waals surface area contributed by atoms with Crippen LogP contribution in [0.1, 0.15) is 40.0 Å². The van der Waals surface area contributed by atoms with Crippen molar-refractivity contribution in [1.82, 2.24) is 10.6 Å². The van der Waals surface area contributed by atoms with Crippen LogP contribution in [0.25, 0.3) is 0 Å². The third-order valence-electron chi connectivity index (χ3n) is 3.71. The van der Waals surface area contributed by atoms with Crippen molar-refractivity contribution in [2.24, 2.45) is 11.3 Å². The van der Waals surface area contributed by atoms with Gasteiger partial charge in [-0.05, 0) is 25.3 Å². The molecule has 1 amide bonds. The standard InChI is InChI=1S/C12H24N2O/c1-4-10(3)8-14-11(15)12(5-2)6-7-13-9-12/h10,13H,4-9H2,1-3H3,(H,14,15). The molecule has 3 nitrogen and oxygen atoms in total. The Labute approximate surface area is 93.0 Å². The normalized spacial score (nSPS) is 27.7. The van der Waals surface area contributed by atoms with Crippen molar-refractivity contribution in [3.63, 3.8) is 0 Å². The van der Waals surface area contributed by atoms with E-state index < -0.39 is 0 Å². The number of carbonyl (C=O) groups is 1. The van der Waals surface area contributed by atoms with Crippen LogP contribution in [-0.4, -0.2) is 25.5 Å². The molecule has 0 saturated carbocycles. The molecule has 15 heavy (non-hydrogen) atoms. The molecule has 0 spiro atoms. The van der Waals surface area contributed by atoms with Crippen molar-refractivity contribution in [3.8, 4) is 0 Å². The van der Waals surface area contributed by atoms with Crippen LogP contribution in [0.4, 0.5) is 0 Å². The van der Waals surface area contributed by atoms with Gasteiger partial charge in [0.2, 0.25) is 5.91 Å². The zero-order valence-electron chi connectivity index (χ0n) is 10.2. The van der Waals surface area contributed by atoms with Crippen molar-refractivity contribution in [2.75, 3.05) is 19.6 Å². The number of carbonyl (C=O) groups excluding carboxylic acids is 1. The van der Waals surface area contributed by atoms with Crippen molar-refractivity contribution < 1.29 is 4.79 Å². The number of hydrogen-bond donors (Lipinski definition) is 2. The number of rotatable bonds is 5. The van der Waals surface area contributed by atoms with E-state index in [1.165, 1.54) is 0 Å². The van der Waals surface area contributed by atoms with Crippen LogP contribution >= 0.6 is 0 Å². The second-order valence-electron chi connectivity index (χ2n) is 4.78. The summed E-state index contributed by atoms with van der Waals surface area (Å²) in [6, 6.07) is 0. The molecule has 0 aromatic heterocycles. The summed E-state index contributed by atoms with van der Waals surface area (Å²) in [6.07, 6.45) is 3.04. The summed E-state index contributed by atoms with van der Waals surface area (Å²) in [7, 11) is 0. The van der Waals surface area contributed by atoms with Gasteiger partial charge in [0.15, 0.2) is 0 Å². The number of amides is 1. The minimum atomic E-state index is -0.131. The Bertz CT molecular complexity index is 210. The highest BCUT2D eigenvalue weighted by Gasteiger charge is 2.39. The molecular weight excluding hydrogens is 188 g/mol. The predicted octanol–water partition coefficient (Wildman–Crippen LogP) is 1.54. The van der Waals surface area contributed by atoms with Gasteiger partial charge in [0.1, 0.15) is 0 Å². The molecule has 0 bridgehead atoms. The van der Waals surface area contributed by atoms with Gasteiger partial charge in [-0.25, -0.2) is 0 Å². The lowest BCUT2D eigenvalue weighted by molar-refractivity contribution is -0.130. The maximum atomic E-state index is 12.1. The monoisotopic (exact) mass is 212 g/mol. The molecule has 0 radical (unpaired) electrons. The van der Waals surface area contributed by atoms with Crippen LogP contribution in [-0.2, 0) is 4.79 Å². The molecule has 2 unspecified atom stereocenters. The minimum Gasteiger partial charge on any atom is -0.355 e. The largest absolute Gasteiger partial charge is 0.355 e. The first-order valence-corrected chi connectivity index (χ1v) is 6.13. The number of nitrogens with one attached hydrogen (secondary N) is 2. The maximum Gasteiger partial charge on any atom is 0.227 e. The van der Waals surface area contributed by atoms with Crippen molar-refractivity contribution >= 4 is 5.91 Å². The molecular formula is C12H24N2O. The summed E-state index contributed by atoms with van der Waals surface area (Å²) in [5.74, 6) is 0.826. The van der Waals surface area contributed by atoms with Crippen molar-refractivity contribution in [3.05, 3.63) is 0 Å². The Morgan fingerprint density at radius 2 is 2.27 bits per heavy atom. The van der Waals surface area contributed by atoms with Gasteiger partial charge in [-0.3, -0.25) is 4.79 Å². The zero-order chi connectivity index (χ0) is 11.3. The van der Waals surface area contributed by atoms with Crippen molar-refractivity contribution in [2.45, 2.75) is 40.0 Å². The molecule has 1 heterocycles. The molecule has 1 saturated heterocycles. The van der Waals surface area contributed by atoms with E-state index in [0.29, 0.717) is 5.92 Å². The Morgan fingerprint density at radius 3 is 2.73 bits per heavy atom. The van der Waals surface area contributed by atoms with Crippen LogP contribution < -0.4 is 10.6 Å². The molecule has 2 N–H and O–H groups in total. The van der Waals surface area contributed by atoms with Gasteiger partial charge in [-0.1, -0.05) is 27.2 Å². The van der Waals surface area contributed by atoms with Gasteiger partial charge in [-0.2, -0.15) is 0 Å². The maximum absolute atomic E-state index is 12.1. The average Bonchev–Trinajstić information content (AvgIpc) is 2.75. The summed E-state index contributed by atoms with van der Waals surface area (Å²) in [4.78, 5) is 12.1. The first-order chi connectivity index (χ1) is 7.14. The quantitative estimate of drug-likeness (QED) is 0.726. The summed E-state index contributed by atoms with van der Waals surface area (Å²) in [5.41, 5.74) is -0.131. The van der Waals surface area contributed by atoms with E-state index in [9.17, 15) is 4.79 Å². The number of hydrogen-bond acceptors (Lipinski definition) is 2. The van der Waals surface area contributed by atoms with Gasteiger partial charge in [0.05, 0.1) is 5.41 Å². The average molecular weight is 212 g/mol. The molecule has 3 heteroatoms. The van der Waals surface area contributed by atoms with E-state index in [-0.39, 0.29) is 11.3 Å². The van der Waals surface area contributed by atoms with E-state index in [0.717, 1.165) is 38.9 Å². The van der Waals surface area contributed by atoms with E-state index in [4.69, 9.17) is 0 Å². The first-order valence-electron chi connectivity index (χ1n) is 6.13. The van der Waals surface area contributed by atoms with E-state index in [1.54, 1.807) is 0 Å². The summed E-state index contributed by atoms with van der Waals surface area (Å²) >= 11 is 0. The molecule has 1 fully saturated rings. The Kier molecular flexibility index (Phi) is 4.58. The molecule has 0 aromatic rings. The van der Waals surface area contributed by atoms with Crippen LogP contribution in [0.2, 0.25) is 0 Å². The fourth-order valence-corrected chi connectivity index (χ4v) is 2.00. The summed E-state index contributed by atoms with van der Waals surface area (Å²) in [5, 5.41) is 6.37. The molecule has 0 aromatic carbocycles. The molecule has 0 aliphatic carbocycles. The summed E-state index contributed by atoms with van der Waals surface area (Å²) < 4.78 is 0. The van der Waals surface area contributed by atoms with Gasteiger partial charge in [0.25, 0.3) is 0 Å². The lowest BCUT2D eigenvalue weighted by Gasteiger charge is -2.26. The van der Waals surface area contributed by atoms with E-state index >= 15 is 0 Å². The van der Waals surface area contributed by atoms with Crippen LogP contribution in [0.15, 0.2) is 0 Å². The highest BCUT2D eigenvalue weighted by molar-refractivity contribution is 5.83. The second kappa shape index (κ2) is 5.50. The minimum absolute atomic E-state index is 0.131. The third kappa shape index (κ3) is 2.94. The predicted molar refractivity (Wildman–Crippen MR) is 62.7 cm³/mol. The fraction of sp³-hybridized carbons (Fsp3) is 0.917. The Morgan fingerprint density at radius 1 is 1.53 bits per heavy atom. The van der Waals surface area contributed by atoms with Crippen molar-refractivity contribution in [1.29, 1.82) is 0 Å². The summed E-state index contributed by atoms with van der Waals surface area (Å²) in [6.45, 7) is 9.07. The smallest absolute Gasteiger partial charge is 0.227 e. The molecule has 1 aliphatic heterocycles.